The van der Waals surface area contributed by atoms with Crippen molar-refractivity contribution in [2.24, 2.45) is 0 Å². The first kappa shape index (κ1) is 33.0. The van der Waals surface area contributed by atoms with Gasteiger partial charge >= 0.3 is 0 Å². The third kappa shape index (κ3) is 7.95. The zero-order valence-electron chi connectivity index (χ0n) is 26.7. The molecule has 10 heteroatoms. The second-order valence-electron chi connectivity index (χ2n) is 11.9. The van der Waals surface area contributed by atoms with E-state index in [0.29, 0.717) is 35.4 Å². The Morgan fingerprint density at radius 2 is 1.48 bits per heavy atom. The molecule has 1 saturated heterocycles. The Hall–Kier alpha value is -2.92. The summed E-state index contributed by atoms with van der Waals surface area (Å²) < 4.78 is 50.4. The van der Waals surface area contributed by atoms with Crippen molar-refractivity contribution in [1.29, 1.82) is 0 Å². The molecule has 3 heterocycles. The summed E-state index contributed by atoms with van der Waals surface area (Å²) in [5.41, 5.74) is 3.06. The summed E-state index contributed by atoms with van der Waals surface area (Å²) in [4.78, 5) is 3.58. The molecule has 3 aromatic carbocycles. The number of unbranched alkanes of at least 4 members (excludes halogenated alkanes) is 2. The smallest absolute Gasteiger partial charge is 0.206 e. The zero-order chi connectivity index (χ0) is 31.9. The first-order valence-electron chi connectivity index (χ1n) is 16.5. The van der Waals surface area contributed by atoms with E-state index in [1.807, 2.05) is 48.5 Å². The van der Waals surface area contributed by atoms with Gasteiger partial charge in [0.15, 0.2) is 6.10 Å². The number of ether oxygens (including phenoxy) is 2. The molecule has 2 aliphatic heterocycles. The van der Waals surface area contributed by atoms with E-state index in [4.69, 9.17) is 17.8 Å². The number of fused-ring (bicyclic) bond motifs is 5. The van der Waals surface area contributed by atoms with Crippen LogP contribution >= 0.6 is 11.3 Å². The molecule has 0 N–H and O–H groups in total. The lowest BCUT2D eigenvalue weighted by molar-refractivity contribution is 0.183. The number of rotatable bonds is 15. The number of benzene rings is 3. The van der Waals surface area contributed by atoms with Crippen LogP contribution in [0.15, 0.2) is 60.7 Å². The van der Waals surface area contributed by atoms with Crippen molar-refractivity contribution in [1.82, 2.24) is 4.90 Å². The van der Waals surface area contributed by atoms with Crippen molar-refractivity contribution >= 4 is 43.6 Å². The summed E-state index contributed by atoms with van der Waals surface area (Å²) >= 11 is -1.10. The summed E-state index contributed by atoms with van der Waals surface area (Å²) in [6.07, 6.45) is 7.14. The van der Waals surface area contributed by atoms with Crippen LogP contribution in [0.4, 0.5) is 0 Å². The predicted octanol–water partition coefficient (Wildman–Crippen LogP) is 8.60. The van der Waals surface area contributed by atoms with E-state index in [1.54, 1.807) is 11.3 Å². The first-order chi connectivity index (χ1) is 22.5. The summed E-state index contributed by atoms with van der Waals surface area (Å²) in [6.45, 7) is 8.08. The van der Waals surface area contributed by atoms with Crippen LogP contribution in [0, 0.1) is 0 Å². The quantitative estimate of drug-likeness (QED) is 0.124. The first-order valence-corrected chi connectivity index (χ1v) is 19.8. The van der Waals surface area contributed by atoms with Crippen LogP contribution in [-0.4, -0.2) is 51.1 Å². The van der Waals surface area contributed by atoms with E-state index >= 15 is 0 Å². The molecule has 246 valence electrons. The molecule has 1 fully saturated rings. The lowest BCUT2D eigenvalue weighted by Gasteiger charge is -2.28. The minimum Gasteiger partial charge on any atom is -0.492 e. The van der Waals surface area contributed by atoms with E-state index in [2.05, 4.69) is 30.9 Å². The topological polar surface area (TPSA) is 74.3 Å². The van der Waals surface area contributed by atoms with Crippen molar-refractivity contribution in [2.45, 2.75) is 64.9 Å². The van der Waals surface area contributed by atoms with Crippen molar-refractivity contribution in [3.63, 3.8) is 0 Å². The highest BCUT2D eigenvalue weighted by molar-refractivity contribution is 7.80. The molecular weight excluding hydrogens is 639 g/mol. The summed E-state index contributed by atoms with van der Waals surface area (Å²) in [5.74, 6) is 3.67. The summed E-state index contributed by atoms with van der Waals surface area (Å²) in [7, 11) is 0. The maximum Gasteiger partial charge on any atom is 0.206 e. The number of hydrogen-bond acceptors (Lipinski definition) is 8. The van der Waals surface area contributed by atoms with Crippen molar-refractivity contribution in [3.05, 3.63) is 71.8 Å². The van der Waals surface area contributed by atoms with Gasteiger partial charge in [0.05, 0.1) is 11.5 Å². The van der Waals surface area contributed by atoms with Gasteiger partial charge in [0.25, 0.3) is 0 Å². The zero-order valence-corrected chi connectivity index (χ0v) is 29.1. The maximum absolute atomic E-state index is 12.5. The molecular formula is C36H43NO6S3. The fourth-order valence-electron chi connectivity index (χ4n) is 5.91. The van der Waals surface area contributed by atoms with Crippen LogP contribution in [0.1, 0.15) is 76.0 Å². The molecule has 2 aliphatic rings. The van der Waals surface area contributed by atoms with Gasteiger partial charge in [-0.05, 0) is 86.8 Å². The fraction of sp³-hybridized carbons (Fsp3) is 0.444. The summed E-state index contributed by atoms with van der Waals surface area (Å²) in [6, 6.07) is 19.8. The van der Waals surface area contributed by atoms with Gasteiger partial charge in [-0.3, -0.25) is 4.90 Å². The maximum atomic E-state index is 12.5. The highest BCUT2D eigenvalue weighted by atomic mass is 32.2. The van der Waals surface area contributed by atoms with E-state index in [1.165, 1.54) is 19.3 Å². The van der Waals surface area contributed by atoms with Gasteiger partial charge in [0, 0.05) is 38.7 Å². The number of hydrogen-bond donors (Lipinski definition) is 0. The fourth-order valence-corrected chi connectivity index (χ4v) is 9.05. The van der Waals surface area contributed by atoms with Crippen molar-refractivity contribution < 1.29 is 26.3 Å². The molecule has 0 bridgehead atoms. The van der Waals surface area contributed by atoms with E-state index in [9.17, 15) is 8.42 Å². The normalized spacial score (nSPS) is 17.5. The van der Waals surface area contributed by atoms with Crippen LogP contribution in [0.5, 0.6) is 23.0 Å². The lowest BCUT2D eigenvalue weighted by atomic mass is 9.93. The Balaban J connectivity index is 1.28. The Labute approximate surface area is 281 Å². The van der Waals surface area contributed by atoms with Gasteiger partial charge in [0.1, 0.15) is 29.6 Å². The van der Waals surface area contributed by atoms with Gasteiger partial charge in [-0.25, -0.2) is 8.42 Å². The molecule has 3 atom stereocenters. The lowest BCUT2D eigenvalue weighted by Crippen LogP contribution is -2.33. The predicted molar refractivity (Wildman–Crippen MR) is 189 cm³/mol. The number of likely N-dealkylation sites (tertiary alicyclic amines) is 1. The highest BCUT2D eigenvalue weighted by Gasteiger charge is 2.32. The number of thiophene rings is 1. The molecule has 0 spiro atoms. The Morgan fingerprint density at radius 3 is 2.17 bits per heavy atom. The van der Waals surface area contributed by atoms with E-state index in [-0.39, 0.29) is 6.10 Å². The Bertz CT molecular complexity index is 1660. The van der Waals surface area contributed by atoms with E-state index < -0.39 is 22.2 Å². The van der Waals surface area contributed by atoms with Gasteiger partial charge in [-0.1, -0.05) is 45.2 Å². The third-order valence-corrected chi connectivity index (χ3v) is 11.6. The molecule has 0 radical (unpaired) electrons. The molecule has 0 aliphatic carbocycles. The average Bonchev–Trinajstić information content (AvgIpc) is 3.46. The van der Waals surface area contributed by atoms with Crippen LogP contribution < -0.4 is 17.8 Å². The monoisotopic (exact) mass is 681 g/mol. The summed E-state index contributed by atoms with van der Waals surface area (Å²) in [5, 5.41) is 1.07. The standard InChI is InChI=1S/C36H43NO6S3/c1-3-5-22-45(38)42-28-14-16-30-32(24-28)41-35(26-10-12-27(13-11-26)40-21-20-37-18-8-7-9-19-37)34-31-17-15-29(25-33(31)44-36(30)34)43-46(39)23-6-4-2/h10-17,24-25,35H,3-9,18-23H2,1-2H3. The Kier molecular flexibility index (Phi) is 11.3. The molecule has 0 saturated carbocycles. The average molecular weight is 682 g/mol. The highest BCUT2D eigenvalue weighted by Crippen LogP contribution is 2.53. The van der Waals surface area contributed by atoms with Gasteiger partial charge in [0.2, 0.25) is 22.2 Å². The molecule has 4 aromatic rings. The van der Waals surface area contributed by atoms with Gasteiger partial charge < -0.3 is 17.8 Å². The molecule has 0 amide bonds. The van der Waals surface area contributed by atoms with Crippen LogP contribution in [0.25, 0.3) is 20.5 Å². The molecule has 3 unspecified atom stereocenters. The minimum absolute atomic E-state index is 0.370. The number of nitrogens with zero attached hydrogens (tertiary/aromatic N) is 1. The largest absolute Gasteiger partial charge is 0.492 e. The number of piperidine rings is 1. The molecule has 46 heavy (non-hydrogen) atoms. The third-order valence-electron chi connectivity index (χ3n) is 8.42. The van der Waals surface area contributed by atoms with Gasteiger partial charge in [-0.2, -0.15) is 0 Å². The van der Waals surface area contributed by atoms with Crippen molar-refractivity contribution in [3.8, 4) is 33.4 Å². The van der Waals surface area contributed by atoms with Gasteiger partial charge in [-0.15, -0.1) is 11.3 Å². The van der Waals surface area contributed by atoms with Crippen LogP contribution in [0.3, 0.4) is 0 Å². The second-order valence-corrected chi connectivity index (χ2v) is 15.3. The Morgan fingerprint density at radius 1 is 0.826 bits per heavy atom. The van der Waals surface area contributed by atoms with E-state index in [0.717, 1.165) is 82.7 Å². The van der Waals surface area contributed by atoms with Crippen molar-refractivity contribution in [2.75, 3.05) is 37.7 Å². The molecule has 1 aromatic heterocycles. The SMILES string of the molecule is CCCCS(=O)Oc1ccc2c(c1)OC(c1ccc(OCCN3CCCCC3)cc1)c1c-2sc2cc(OS(=O)CCCC)ccc12. The minimum atomic E-state index is -1.40. The van der Waals surface area contributed by atoms with Crippen LogP contribution in [0.2, 0.25) is 0 Å². The molecule has 6 rings (SSSR count). The molecule has 7 nitrogen and oxygen atoms in total. The van der Waals surface area contributed by atoms with Crippen LogP contribution in [-0.2, 0) is 22.2 Å². The second kappa shape index (κ2) is 15.8.